The Labute approximate surface area is 186 Å². The molecule has 0 saturated carbocycles. The summed E-state index contributed by atoms with van der Waals surface area (Å²) in [6.45, 7) is 1.32. The zero-order valence-corrected chi connectivity index (χ0v) is 17.4. The van der Waals surface area contributed by atoms with Gasteiger partial charge in [-0.1, -0.05) is 6.07 Å². The van der Waals surface area contributed by atoms with Crippen molar-refractivity contribution in [1.29, 1.82) is 0 Å². The van der Waals surface area contributed by atoms with Gasteiger partial charge in [0.05, 0.1) is 5.56 Å². The molecule has 0 spiro atoms. The van der Waals surface area contributed by atoms with Crippen molar-refractivity contribution in [1.82, 2.24) is 10.3 Å². The van der Waals surface area contributed by atoms with E-state index < -0.39 is 23.7 Å². The number of nitrogens with one attached hydrogen (secondary N) is 3. The highest BCUT2D eigenvalue weighted by molar-refractivity contribution is 6.00. The second-order valence-electron chi connectivity index (χ2n) is 6.85. The van der Waals surface area contributed by atoms with Gasteiger partial charge in [-0.2, -0.15) is 13.2 Å². The Kier molecular flexibility index (Phi) is 6.71. The lowest BCUT2D eigenvalue weighted by molar-refractivity contribution is -0.138. The third-order valence-electron chi connectivity index (χ3n) is 4.44. The van der Waals surface area contributed by atoms with Gasteiger partial charge in [0.2, 0.25) is 0 Å². The van der Waals surface area contributed by atoms with E-state index in [4.69, 9.17) is 4.74 Å². The lowest BCUT2D eigenvalue weighted by Gasteiger charge is -2.14. The third kappa shape index (κ3) is 5.91. The molecule has 0 saturated heterocycles. The lowest BCUT2D eigenvalue weighted by Crippen LogP contribution is -2.20. The van der Waals surface area contributed by atoms with Gasteiger partial charge < -0.3 is 25.8 Å². The summed E-state index contributed by atoms with van der Waals surface area (Å²) >= 11 is 0. The fraction of sp³-hybridized carbons (Fsp3) is 0.136. The number of phenolic OH excluding ortho intramolecular Hbond substituents is 1. The molecule has 0 aliphatic heterocycles. The molecule has 0 bridgehead atoms. The first-order chi connectivity index (χ1) is 15.6. The number of alkyl halides is 3. The van der Waals surface area contributed by atoms with Crippen LogP contribution in [0.1, 0.15) is 21.6 Å². The number of urea groups is 1. The molecule has 2 aromatic carbocycles. The molecule has 4 N–H and O–H groups in total. The van der Waals surface area contributed by atoms with Crippen molar-refractivity contribution in [3.63, 3.8) is 0 Å². The van der Waals surface area contributed by atoms with Crippen LogP contribution in [0, 0.1) is 6.92 Å². The number of amides is 3. The summed E-state index contributed by atoms with van der Waals surface area (Å²) in [5.74, 6) is -0.437. The zero-order valence-electron chi connectivity index (χ0n) is 17.4. The minimum atomic E-state index is -4.55. The average molecular weight is 460 g/mol. The maximum absolute atomic E-state index is 13.0. The van der Waals surface area contributed by atoms with Crippen LogP contribution in [0.5, 0.6) is 17.2 Å². The third-order valence-corrected chi connectivity index (χ3v) is 4.44. The van der Waals surface area contributed by atoms with Gasteiger partial charge in [0, 0.05) is 36.8 Å². The quantitative estimate of drug-likeness (QED) is 0.432. The van der Waals surface area contributed by atoms with Crippen LogP contribution >= 0.6 is 0 Å². The molecule has 0 aliphatic carbocycles. The van der Waals surface area contributed by atoms with Crippen molar-refractivity contribution < 1.29 is 32.6 Å². The SMILES string of the molecule is CNC(=O)c1cc(Oc2ccc(NC(=O)Nc3ccc(C)c(C(F)(F)F)c3)cc2O)ccn1. The molecule has 33 heavy (non-hydrogen) atoms. The number of phenols is 1. The molecule has 0 aliphatic rings. The summed E-state index contributed by atoms with van der Waals surface area (Å²) in [6, 6.07) is 9.51. The van der Waals surface area contributed by atoms with E-state index in [0.717, 1.165) is 6.07 Å². The van der Waals surface area contributed by atoms with Crippen LogP contribution in [0.2, 0.25) is 0 Å². The second kappa shape index (κ2) is 9.47. The predicted octanol–water partition coefficient (Wildman–Crippen LogP) is 4.91. The highest BCUT2D eigenvalue weighted by atomic mass is 19.4. The highest BCUT2D eigenvalue weighted by Crippen LogP contribution is 2.34. The minimum Gasteiger partial charge on any atom is -0.504 e. The molecular weight excluding hydrogens is 441 g/mol. The van der Waals surface area contributed by atoms with E-state index in [1.807, 2.05) is 0 Å². The summed E-state index contributed by atoms with van der Waals surface area (Å²) in [7, 11) is 1.46. The van der Waals surface area contributed by atoms with E-state index in [0.29, 0.717) is 0 Å². The van der Waals surface area contributed by atoms with E-state index in [1.165, 1.54) is 62.6 Å². The van der Waals surface area contributed by atoms with E-state index in [-0.39, 0.29) is 39.9 Å². The molecule has 3 aromatic rings. The second-order valence-corrected chi connectivity index (χ2v) is 6.85. The minimum absolute atomic E-state index is 0.0330. The van der Waals surface area contributed by atoms with Gasteiger partial charge in [0.25, 0.3) is 5.91 Å². The van der Waals surface area contributed by atoms with Gasteiger partial charge in [-0.25, -0.2) is 4.79 Å². The van der Waals surface area contributed by atoms with E-state index >= 15 is 0 Å². The number of rotatable bonds is 5. The molecule has 0 radical (unpaired) electrons. The van der Waals surface area contributed by atoms with Gasteiger partial charge in [0.15, 0.2) is 11.5 Å². The van der Waals surface area contributed by atoms with Crippen LogP contribution in [-0.2, 0) is 6.18 Å². The maximum Gasteiger partial charge on any atom is 0.416 e. The van der Waals surface area contributed by atoms with E-state index in [2.05, 4.69) is 20.9 Å². The molecule has 3 amide bonds. The topological polar surface area (TPSA) is 113 Å². The number of anilines is 2. The standard InChI is InChI=1S/C22H19F3N4O4/c1-12-3-4-13(9-16(12)22(23,24)25)28-21(32)29-14-5-6-19(18(30)10-14)33-15-7-8-27-17(11-15)20(31)26-2/h3-11,30H,1-2H3,(H,26,31)(H2,28,29,32). The Morgan fingerprint density at radius 3 is 2.30 bits per heavy atom. The number of aryl methyl sites for hydroxylation is 1. The van der Waals surface area contributed by atoms with Crippen molar-refractivity contribution in [2.75, 3.05) is 17.7 Å². The van der Waals surface area contributed by atoms with Gasteiger partial charge in [-0.15, -0.1) is 0 Å². The fourth-order valence-electron chi connectivity index (χ4n) is 2.83. The van der Waals surface area contributed by atoms with Crippen molar-refractivity contribution in [3.8, 4) is 17.2 Å². The summed E-state index contributed by atoms with van der Waals surface area (Å²) in [5, 5.41) is 17.4. The Balaban J connectivity index is 1.68. The Morgan fingerprint density at radius 1 is 1.00 bits per heavy atom. The van der Waals surface area contributed by atoms with Crippen LogP contribution in [-0.4, -0.2) is 29.1 Å². The Hall–Kier alpha value is -4.28. The molecular formula is C22H19F3N4O4. The van der Waals surface area contributed by atoms with Crippen molar-refractivity contribution in [3.05, 3.63) is 71.5 Å². The molecule has 1 heterocycles. The summed E-state index contributed by atoms with van der Waals surface area (Å²) in [5.41, 5.74) is -0.574. The van der Waals surface area contributed by atoms with E-state index in [9.17, 15) is 27.9 Å². The molecule has 0 unspecified atom stereocenters. The number of aromatic nitrogens is 1. The zero-order chi connectivity index (χ0) is 24.2. The van der Waals surface area contributed by atoms with Crippen LogP contribution < -0.4 is 20.7 Å². The fourth-order valence-corrected chi connectivity index (χ4v) is 2.83. The number of halogens is 3. The summed E-state index contributed by atoms with van der Waals surface area (Å²) < 4.78 is 44.7. The molecule has 3 rings (SSSR count). The van der Waals surface area contributed by atoms with Crippen LogP contribution in [0.3, 0.4) is 0 Å². The van der Waals surface area contributed by atoms with Crippen LogP contribution in [0.25, 0.3) is 0 Å². The molecule has 172 valence electrons. The highest BCUT2D eigenvalue weighted by Gasteiger charge is 2.32. The number of aromatic hydroxyl groups is 1. The number of benzene rings is 2. The first-order valence-corrected chi connectivity index (χ1v) is 9.51. The molecule has 0 atom stereocenters. The number of hydrogen-bond acceptors (Lipinski definition) is 5. The van der Waals surface area contributed by atoms with Crippen molar-refractivity contribution in [2.24, 2.45) is 0 Å². The normalized spacial score (nSPS) is 10.9. The van der Waals surface area contributed by atoms with Gasteiger partial charge in [-0.3, -0.25) is 9.78 Å². The predicted molar refractivity (Wildman–Crippen MR) is 115 cm³/mol. The molecule has 11 heteroatoms. The van der Waals surface area contributed by atoms with Crippen LogP contribution in [0.4, 0.5) is 29.3 Å². The van der Waals surface area contributed by atoms with Crippen molar-refractivity contribution in [2.45, 2.75) is 13.1 Å². The molecule has 1 aromatic heterocycles. The first kappa shape index (κ1) is 23.4. The monoisotopic (exact) mass is 460 g/mol. The number of ether oxygens (including phenoxy) is 1. The molecule has 8 nitrogen and oxygen atoms in total. The first-order valence-electron chi connectivity index (χ1n) is 9.51. The molecule has 0 fully saturated rings. The Bertz CT molecular complexity index is 1200. The number of nitrogens with zero attached hydrogens (tertiary/aromatic N) is 1. The Morgan fingerprint density at radius 2 is 1.67 bits per heavy atom. The number of pyridine rings is 1. The van der Waals surface area contributed by atoms with E-state index in [1.54, 1.807) is 0 Å². The van der Waals surface area contributed by atoms with Crippen LogP contribution in [0.15, 0.2) is 54.7 Å². The van der Waals surface area contributed by atoms with Crippen molar-refractivity contribution >= 4 is 23.3 Å². The number of carbonyl (C=O) groups is 2. The van der Waals surface area contributed by atoms with Gasteiger partial charge >= 0.3 is 12.2 Å². The van der Waals surface area contributed by atoms with Gasteiger partial charge in [0.1, 0.15) is 11.4 Å². The smallest absolute Gasteiger partial charge is 0.416 e. The summed E-state index contributed by atoms with van der Waals surface area (Å²) in [4.78, 5) is 27.8. The lowest BCUT2D eigenvalue weighted by atomic mass is 10.1. The average Bonchev–Trinajstić information content (AvgIpc) is 2.76. The number of carbonyl (C=O) groups excluding carboxylic acids is 2. The largest absolute Gasteiger partial charge is 0.504 e. The maximum atomic E-state index is 13.0. The number of hydrogen-bond donors (Lipinski definition) is 4. The van der Waals surface area contributed by atoms with Gasteiger partial charge in [-0.05, 0) is 42.8 Å². The summed E-state index contributed by atoms with van der Waals surface area (Å²) in [6.07, 6.45) is -3.18.